The van der Waals surface area contributed by atoms with Crippen molar-refractivity contribution in [3.05, 3.63) is 71.8 Å². The Morgan fingerprint density at radius 2 is 1.68 bits per heavy atom. The number of primary sulfonamides is 1. The molecule has 7 nitrogen and oxygen atoms in total. The Bertz CT molecular complexity index is 1230. The highest BCUT2D eigenvalue weighted by Crippen LogP contribution is 2.49. The van der Waals surface area contributed by atoms with Crippen LogP contribution in [0, 0.1) is 6.92 Å². The third-order valence-electron chi connectivity index (χ3n) is 5.62. The van der Waals surface area contributed by atoms with Crippen LogP contribution in [-0.2, 0) is 20.2 Å². The molecule has 0 bridgehead atoms. The molecule has 2 aromatic carbocycles. The maximum absolute atomic E-state index is 13.1. The van der Waals surface area contributed by atoms with Gasteiger partial charge in [0.15, 0.2) is 0 Å². The summed E-state index contributed by atoms with van der Waals surface area (Å²) in [4.78, 5) is 17.7. The zero-order chi connectivity index (χ0) is 22.2. The van der Waals surface area contributed by atoms with Crippen molar-refractivity contribution in [2.24, 2.45) is 5.14 Å². The van der Waals surface area contributed by atoms with Gasteiger partial charge in [0, 0.05) is 5.56 Å². The van der Waals surface area contributed by atoms with Gasteiger partial charge in [0.25, 0.3) is 0 Å². The first-order valence-corrected chi connectivity index (χ1v) is 11.3. The Balaban J connectivity index is 1.58. The third kappa shape index (κ3) is 4.17. The molecule has 160 valence electrons. The van der Waals surface area contributed by atoms with Crippen LogP contribution in [-0.4, -0.2) is 26.4 Å². The van der Waals surface area contributed by atoms with Gasteiger partial charge in [0.05, 0.1) is 23.1 Å². The van der Waals surface area contributed by atoms with Crippen LogP contribution in [0.2, 0.25) is 0 Å². The average Bonchev–Trinajstić information content (AvgIpc) is 3.57. The summed E-state index contributed by atoms with van der Waals surface area (Å²) in [6.07, 6.45) is 1.55. The predicted octanol–water partition coefficient (Wildman–Crippen LogP) is 3.38. The second kappa shape index (κ2) is 7.79. The van der Waals surface area contributed by atoms with E-state index >= 15 is 0 Å². The van der Waals surface area contributed by atoms with Gasteiger partial charge in [-0.3, -0.25) is 4.79 Å². The second-order valence-electron chi connectivity index (χ2n) is 7.70. The minimum atomic E-state index is -3.76. The van der Waals surface area contributed by atoms with Gasteiger partial charge in [-0.2, -0.15) is 0 Å². The molecule has 1 fully saturated rings. The summed E-state index contributed by atoms with van der Waals surface area (Å²) >= 11 is 0. The summed E-state index contributed by atoms with van der Waals surface area (Å²) in [5.74, 6) is 1.10. The molecule has 4 rings (SSSR count). The van der Waals surface area contributed by atoms with Crippen molar-refractivity contribution >= 4 is 21.7 Å². The molecule has 3 N–H and O–H groups in total. The van der Waals surface area contributed by atoms with Crippen molar-refractivity contribution in [2.45, 2.75) is 30.1 Å². The van der Waals surface area contributed by atoms with Gasteiger partial charge in [-0.1, -0.05) is 30.3 Å². The van der Waals surface area contributed by atoms with Gasteiger partial charge in [-0.15, -0.1) is 0 Å². The lowest BCUT2D eigenvalue weighted by Gasteiger charge is -2.17. The van der Waals surface area contributed by atoms with Crippen molar-refractivity contribution in [1.82, 2.24) is 4.98 Å². The number of carbonyl (C=O) groups is 1. The van der Waals surface area contributed by atoms with Crippen molar-refractivity contribution in [2.75, 3.05) is 12.4 Å². The lowest BCUT2D eigenvalue weighted by atomic mass is 9.95. The van der Waals surface area contributed by atoms with E-state index < -0.39 is 15.4 Å². The fourth-order valence-electron chi connectivity index (χ4n) is 3.61. The number of aromatic nitrogens is 1. The van der Waals surface area contributed by atoms with E-state index in [1.165, 1.54) is 12.1 Å². The molecular formula is C23H23N3O4S. The molecule has 0 radical (unpaired) electrons. The number of methoxy groups -OCH3 is 1. The first kappa shape index (κ1) is 21.0. The van der Waals surface area contributed by atoms with E-state index in [-0.39, 0.29) is 10.8 Å². The van der Waals surface area contributed by atoms with Gasteiger partial charge in [-0.05, 0) is 61.2 Å². The van der Waals surface area contributed by atoms with E-state index in [0.29, 0.717) is 11.5 Å². The monoisotopic (exact) mass is 437 g/mol. The first-order chi connectivity index (χ1) is 14.7. The number of carbonyl (C=O) groups excluding carboxylic acids is 1. The molecular weight excluding hydrogens is 414 g/mol. The number of hydrogen-bond donors (Lipinski definition) is 2. The SMILES string of the molecule is COc1ccc(C2(C(=O)Nc3ccc(C)c(-c4ccc(S(N)(=O)=O)cc4)n3)CC2)cc1. The zero-order valence-corrected chi connectivity index (χ0v) is 18.1. The van der Waals surface area contributed by atoms with E-state index in [2.05, 4.69) is 10.3 Å². The molecule has 0 aliphatic heterocycles. The van der Waals surface area contributed by atoms with Crippen LogP contribution in [0.25, 0.3) is 11.3 Å². The number of anilines is 1. The van der Waals surface area contributed by atoms with Crippen molar-refractivity contribution < 1.29 is 17.9 Å². The highest BCUT2D eigenvalue weighted by molar-refractivity contribution is 7.89. The molecule has 1 aliphatic rings. The number of nitrogens with one attached hydrogen (secondary N) is 1. The molecule has 1 aromatic heterocycles. The lowest BCUT2D eigenvalue weighted by molar-refractivity contribution is -0.118. The molecule has 1 aliphatic carbocycles. The van der Waals surface area contributed by atoms with Crippen LogP contribution in [0.1, 0.15) is 24.0 Å². The molecule has 1 heterocycles. The van der Waals surface area contributed by atoms with E-state index in [4.69, 9.17) is 9.88 Å². The number of nitrogens with two attached hydrogens (primary N) is 1. The number of benzene rings is 2. The topological polar surface area (TPSA) is 111 Å². The van der Waals surface area contributed by atoms with Gasteiger partial charge in [0.1, 0.15) is 11.6 Å². The maximum atomic E-state index is 13.1. The zero-order valence-electron chi connectivity index (χ0n) is 17.3. The summed E-state index contributed by atoms with van der Waals surface area (Å²) in [7, 11) is -2.15. The molecule has 0 atom stereocenters. The van der Waals surface area contributed by atoms with Crippen LogP contribution in [0.15, 0.2) is 65.6 Å². The normalized spacial score (nSPS) is 14.7. The highest BCUT2D eigenvalue weighted by atomic mass is 32.2. The minimum Gasteiger partial charge on any atom is -0.497 e. The molecule has 0 spiro atoms. The van der Waals surface area contributed by atoms with Gasteiger partial charge >= 0.3 is 0 Å². The number of hydrogen-bond acceptors (Lipinski definition) is 5. The Kier molecular flexibility index (Phi) is 5.28. The standard InChI is InChI=1S/C23H23N3O4S/c1-15-3-12-20(25-21(15)16-4-10-19(11-5-16)31(24,28)29)26-22(27)23(13-14-23)17-6-8-18(30-2)9-7-17/h3-12H,13-14H2,1-2H3,(H2,24,28,29)(H,25,26,27). The second-order valence-corrected chi connectivity index (χ2v) is 9.26. The molecule has 0 unspecified atom stereocenters. The minimum absolute atomic E-state index is 0.0357. The number of amides is 1. The van der Waals surface area contributed by atoms with E-state index in [1.807, 2.05) is 37.3 Å². The van der Waals surface area contributed by atoms with Gasteiger partial charge < -0.3 is 10.1 Å². The lowest BCUT2D eigenvalue weighted by Crippen LogP contribution is -2.28. The summed E-state index contributed by atoms with van der Waals surface area (Å²) in [6.45, 7) is 1.90. The van der Waals surface area contributed by atoms with E-state index in [1.54, 1.807) is 25.3 Å². The molecule has 0 saturated heterocycles. The summed E-state index contributed by atoms with van der Waals surface area (Å²) in [5.41, 5.74) is 2.70. The van der Waals surface area contributed by atoms with Crippen molar-refractivity contribution in [3.8, 4) is 17.0 Å². The summed E-state index contributed by atoms with van der Waals surface area (Å²) < 4.78 is 28.2. The summed E-state index contributed by atoms with van der Waals surface area (Å²) in [5, 5.41) is 8.11. The highest BCUT2D eigenvalue weighted by Gasteiger charge is 2.51. The number of aryl methyl sites for hydroxylation is 1. The van der Waals surface area contributed by atoms with E-state index in [0.717, 1.165) is 35.3 Å². The van der Waals surface area contributed by atoms with Crippen molar-refractivity contribution in [1.29, 1.82) is 0 Å². The quantitative estimate of drug-likeness (QED) is 0.614. The Morgan fingerprint density at radius 3 is 2.23 bits per heavy atom. The van der Waals surface area contributed by atoms with Gasteiger partial charge in [-0.25, -0.2) is 18.5 Å². The number of sulfonamides is 1. The van der Waals surface area contributed by atoms with Crippen molar-refractivity contribution in [3.63, 3.8) is 0 Å². The van der Waals surface area contributed by atoms with Gasteiger partial charge in [0.2, 0.25) is 15.9 Å². The number of nitrogens with zero attached hydrogens (tertiary/aromatic N) is 1. The Hall–Kier alpha value is -3.23. The Labute approximate surface area is 181 Å². The average molecular weight is 438 g/mol. The third-order valence-corrected chi connectivity index (χ3v) is 6.55. The van der Waals surface area contributed by atoms with Crippen LogP contribution in [0.5, 0.6) is 5.75 Å². The number of ether oxygens (including phenoxy) is 1. The largest absolute Gasteiger partial charge is 0.497 e. The number of rotatable bonds is 6. The molecule has 8 heteroatoms. The predicted molar refractivity (Wildman–Crippen MR) is 118 cm³/mol. The molecule has 1 saturated carbocycles. The van der Waals surface area contributed by atoms with Crippen LogP contribution in [0.3, 0.4) is 0 Å². The van der Waals surface area contributed by atoms with E-state index in [9.17, 15) is 13.2 Å². The maximum Gasteiger partial charge on any atom is 0.238 e. The van der Waals surface area contributed by atoms with Crippen LogP contribution < -0.4 is 15.2 Å². The molecule has 1 amide bonds. The molecule has 31 heavy (non-hydrogen) atoms. The number of pyridine rings is 1. The Morgan fingerprint density at radius 1 is 1.03 bits per heavy atom. The fraction of sp³-hybridized carbons (Fsp3) is 0.217. The fourth-order valence-corrected chi connectivity index (χ4v) is 4.13. The smallest absolute Gasteiger partial charge is 0.238 e. The van der Waals surface area contributed by atoms with Crippen LogP contribution >= 0.6 is 0 Å². The first-order valence-electron chi connectivity index (χ1n) is 9.80. The summed E-state index contributed by atoms with van der Waals surface area (Å²) in [6, 6.07) is 17.4. The molecule has 3 aromatic rings. The van der Waals surface area contributed by atoms with Crippen LogP contribution in [0.4, 0.5) is 5.82 Å².